The summed E-state index contributed by atoms with van der Waals surface area (Å²) >= 11 is 0. The average Bonchev–Trinajstić information content (AvgIpc) is 2.88. The van der Waals surface area contributed by atoms with Gasteiger partial charge in [-0.25, -0.2) is 4.39 Å². The van der Waals surface area contributed by atoms with Crippen LogP contribution in [0.25, 0.3) is 0 Å². The van der Waals surface area contributed by atoms with E-state index >= 15 is 0 Å². The van der Waals surface area contributed by atoms with Crippen LogP contribution in [0, 0.1) is 0 Å². The van der Waals surface area contributed by atoms with Crippen LogP contribution in [0.4, 0.5) is 17.6 Å². The summed E-state index contributed by atoms with van der Waals surface area (Å²) in [5, 5.41) is 8.06. The van der Waals surface area contributed by atoms with Gasteiger partial charge in [-0.05, 0) is 24.3 Å². The minimum atomic E-state index is -4.28. The van der Waals surface area contributed by atoms with E-state index in [0.29, 0.717) is 29.1 Å². The van der Waals surface area contributed by atoms with Crippen molar-refractivity contribution in [1.82, 2.24) is 10.3 Å². The Hall–Kier alpha value is -2.29. The fraction of sp³-hybridized carbons (Fsp3) is 0.400. The zero-order chi connectivity index (χ0) is 17.7. The van der Waals surface area contributed by atoms with Gasteiger partial charge in [0.2, 0.25) is 0 Å². The van der Waals surface area contributed by atoms with E-state index in [1.54, 1.807) is 24.3 Å². The lowest BCUT2D eigenvalue weighted by atomic mass is 10.2. The summed E-state index contributed by atoms with van der Waals surface area (Å²) in [6, 6.07) is 6.57. The van der Waals surface area contributed by atoms with E-state index in [1.807, 2.05) is 0 Å². The number of hydrazone groups is 1. The van der Waals surface area contributed by atoms with Crippen LogP contribution < -0.4 is 15.8 Å². The molecule has 5 nitrogen and oxygen atoms in total. The van der Waals surface area contributed by atoms with E-state index in [4.69, 9.17) is 10.5 Å². The number of nitrogens with zero attached hydrogens (tertiary/aromatic N) is 2. The number of alkyl halides is 3. The summed E-state index contributed by atoms with van der Waals surface area (Å²) in [6.07, 6.45) is -5.81. The number of rotatable bonds is 6. The number of nitrogens with two attached hydrogens (primary N) is 1. The van der Waals surface area contributed by atoms with Crippen LogP contribution in [0.1, 0.15) is 12.0 Å². The summed E-state index contributed by atoms with van der Waals surface area (Å²) < 4.78 is 55.2. The van der Waals surface area contributed by atoms with Gasteiger partial charge < -0.3 is 15.8 Å². The van der Waals surface area contributed by atoms with Gasteiger partial charge in [-0.3, -0.25) is 5.01 Å². The van der Waals surface area contributed by atoms with Crippen LogP contribution in [0.2, 0.25) is 0 Å². The molecule has 0 saturated carbocycles. The summed E-state index contributed by atoms with van der Waals surface area (Å²) in [7, 11) is 1.48. The molecule has 1 atom stereocenters. The van der Waals surface area contributed by atoms with E-state index in [9.17, 15) is 17.6 Å². The maximum Gasteiger partial charge on any atom is 0.392 e. The fourth-order valence-electron chi connectivity index (χ4n) is 2.07. The molecule has 132 valence electrons. The van der Waals surface area contributed by atoms with Crippen LogP contribution in [-0.4, -0.2) is 43.4 Å². The lowest BCUT2D eigenvalue weighted by molar-refractivity contribution is -0.146. The summed E-state index contributed by atoms with van der Waals surface area (Å²) in [5.41, 5.74) is 6.27. The Kier molecular flexibility index (Phi) is 5.66. The zero-order valence-electron chi connectivity index (χ0n) is 13.0. The number of ether oxygens (including phenoxy) is 1. The van der Waals surface area contributed by atoms with Crippen molar-refractivity contribution in [3.05, 3.63) is 41.7 Å². The van der Waals surface area contributed by atoms with Gasteiger partial charge in [0.1, 0.15) is 18.5 Å². The van der Waals surface area contributed by atoms with Gasteiger partial charge >= 0.3 is 6.18 Å². The van der Waals surface area contributed by atoms with Crippen molar-refractivity contribution in [3.8, 4) is 5.75 Å². The van der Waals surface area contributed by atoms with E-state index in [1.165, 1.54) is 12.1 Å². The van der Waals surface area contributed by atoms with Gasteiger partial charge in [0.15, 0.2) is 5.84 Å². The van der Waals surface area contributed by atoms with E-state index in [2.05, 4.69) is 10.4 Å². The first-order chi connectivity index (χ1) is 11.3. The summed E-state index contributed by atoms with van der Waals surface area (Å²) in [5.74, 6) is 0.843. The lowest BCUT2D eigenvalue weighted by Crippen LogP contribution is -2.40. The first-order valence-corrected chi connectivity index (χ1v) is 7.18. The molecule has 0 aromatic heterocycles. The quantitative estimate of drug-likeness (QED) is 0.776. The van der Waals surface area contributed by atoms with Crippen LogP contribution in [0.15, 0.2) is 41.3 Å². The monoisotopic (exact) mass is 346 g/mol. The SMILES string of the molecule is CN1N=C(c2ccc(OC/C(=C/F)CN)cc2)NC1CC(F)(F)F. The molecule has 0 radical (unpaired) electrons. The molecular weight excluding hydrogens is 328 g/mol. The Morgan fingerprint density at radius 1 is 1.38 bits per heavy atom. The zero-order valence-corrected chi connectivity index (χ0v) is 13.0. The van der Waals surface area contributed by atoms with Gasteiger partial charge in [0, 0.05) is 24.7 Å². The number of hydrogen-bond acceptors (Lipinski definition) is 5. The molecular formula is C15H18F4N4O. The minimum Gasteiger partial charge on any atom is -0.489 e. The van der Waals surface area contributed by atoms with Gasteiger partial charge in [-0.15, -0.1) is 0 Å². The van der Waals surface area contributed by atoms with Gasteiger partial charge in [-0.1, -0.05) is 0 Å². The third kappa shape index (κ3) is 4.85. The highest BCUT2D eigenvalue weighted by Crippen LogP contribution is 2.25. The molecule has 1 aromatic carbocycles. The summed E-state index contributed by atoms with van der Waals surface area (Å²) in [6.45, 7) is 0.0875. The van der Waals surface area contributed by atoms with Crippen molar-refractivity contribution < 1.29 is 22.3 Å². The summed E-state index contributed by atoms with van der Waals surface area (Å²) in [4.78, 5) is 0. The molecule has 1 aliphatic heterocycles. The Balaban J connectivity index is 1.97. The molecule has 0 aliphatic carbocycles. The second-order valence-electron chi connectivity index (χ2n) is 5.29. The maximum atomic E-state index is 12.5. The Labute approximate surface area is 136 Å². The van der Waals surface area contributed by atoms with Gasteiger partial charge in [0.25, 0.3) is 0 Å². The molecule has 1 aromatic rings. The number of amidine groups is 1. The molecule has 3 N–H and O–H groups in total. The number of hydrogen-bond donors (Lipinski definition) is 2. The Morgan fingerprint density at radius 2 is 2.04 bits per heavy atom. The van der Waals surface area contributed by atoms with E-state index in [0.717, 1.165) is 0 Å². The topological polar surface area (TPSA) is 62.9 Å². The smallest absolute Gasteiger partial charge is 0.392 e. The average molecular weight is 346 g/mol. The van der Waals surface area contributed by atoms with Crippen LogP contribution in [0.3, 0.4) is 0 Å². The predicted molar refractivity (Wildman–Crippen MR) is 82.1 cm³/mol. The van der Waals surface area contributed by atoms with Gasteiger partial charge in [-0.2, -0.15) is 18.3 Å². The second kappa shape index (κ2) is 7.52. The predicted octanol–water partition coefficient (Wildman–Crippen LogP) is 2.35. The molecule has 0 amide bonds. The minimum absolute atomic E-state index is 0.0297. The molecule has 24 heavy (non-hydrogen) atoms. The van der Waals surface area contributed by atoms with Crippen molar-refractivity contribution in [2.24, 2.45) is 10.8 Å². The molecule has 2 rings (SSSR count). The van der Waals surface area contributed by atoms with Crippen molar-refractivity contribution >= 4 is 5.84 Å². The van der Waals surface area contributed by atoms with Crippen molar-refractivity contribution in [3.63, 3.8) is 0 Å². The highest BCUT2D eigenvalue weighted by Gasteiger charge is 2.36. The maximum absolute atomic E-state index is 12.5. The highest BCUT2D eigenvalue weighted by molar-refractivity contribution is 5.99. The molecule has 1 unspecified atom stereocenters. The molecule has 0 spiro atoms. The van der Waals surface area contributed by atoms with E-state index in [-0.39, 0.29) is 13.2 Å². The molecule has 1 aliphatic rings. The lowest BCUT2D eigenvalue weighted by Gasteiger charge is -2.20. The third-order valence-electron chi connectivity index (χ3n) is 3.41. The Bertz CT molecular complexity index is 613. The van der Waals surface area contributed by atoms with Crippen LogP contribution in [-0.2, 0) is 0 Å². The van der Waals surface area contributed by atoms with Crippen molar-refractivity contribution in [1.29, 1.82) is 0 Å². The molecule has 0 fully saturated rings. The molecule has 9 heteroatoms. The number of nitrogens with one attached hydrogen (secondary N) is 1. The first-order valence-electron chi connectivity index (χ1n) is 7.18. The fourth-order valence-corrected chi connectivity index (χ4v) is 2.07. The number of halogens is 4. The molecule has 1 heterocycles. The van der Waals surface area contributed by atoms with Crippen molar-refractivity contribution in [2.45, 2.75) is 18.8 Å². The largest absolute Gasteiger partial charge is 0.489 e. The van der Waals surface area contributed by atoms with E-state index < -0.39 is 18.8 Å². The standard InChI is InChI=1S/C15H18F4N4O/c1-23-13(6-15(17,18)19)21-14(22-23)11-2-4-12(5-3-11)24-9-10(7-16)8-20/h2-5,7,13H,6,8-9,20H2,1H3,(H,21,22)/b10-7+. The molecule has 0 saturated heterocycles. The highest BCUT2D eigenvalue weighted by atomic mass is 19.4. The van der Waals surface area contributed by atoms with Crippen molar-refractivity contribution in [2.75, 3.05) is 20.2 Å². The van der Waals surface area contributed by atoms with Crippen LogP contribution in [0.5, 0.6) is 5.75 Å². The third-order valence-corrected chi connectivity index (χ3v) is 3.41. The number of benzene rings is 1. The van der Waals surface area contributed by atoms with Crippen LogP contribution >= 0.6 is 0 Å². The van der Waals surface area contributed by atoms with Gasteiger partial charge in [0.05, 0.1) is 12.8 Å². The second-order valence-corrected chi connectivity index (χ2v) is 5.29. The Morgan fingerprint density at radius 3 is 2.58 bits per heavy atom. The normalized spacial score (nSPS) is 18.4. The molecule has 0 bridgehead atoms. The first kappa shape index (κ1) is 18.1.